The summed E-state index contributed by atoms with van der Waals surface area (Å²) in [6.45, 7) is 4.19. The molecule has 0 spiro atoms. The summed E-state index contributed by atoms with van der Waals surface area (Å²) >= 11 is 0. The Morgan fingerprint density at radius 2 is 0.633 bits per heavy atom. The van der Waals surface area contributed by atoms with Gasteiger partial charge >= 0.3 is 11.9 Å². The van der Waals surface area contributed by atoms with E-state index in [1.54, 1.807) is 0 Å². The number of phosphoric acid groups is 1. The highest BCUT2D eigenvalue weighted by atomic mass is 31.2. The summed E-state index contributed by atoms with van der Waals surface area (Å²) in [5, 5.41) is 0. The van der Waals surface area contributed by atoms with Crippen molar-refractivity contribution in [1.29, 1.82) is 0 Å². The van der Waals surface area contributed by atoms with Gasteiger partial charge in [-0.05, 0) is 64.2 Å². The molecule has 0 aromatic rings. The van der Waals surface area contributed by atoms with E-state index < -0.39 is 26.5 Å². The fraction of sp³-hybridized carbons (Fsp3) is 0.825. The lowest BCUT2D eigenvalue weighted by Crippen LogP contribution is -2.37. The summed E-state index contributed by atoms with van der Waals surface area (Å²) in [6.07, 6.45) is 95.9. The highest BCUT2D eigenvalue weighted by molar-refractivity contribution is 7.45. The maximum absolute atomic E-state index is 12.9. The zero-order valence-corrected chi connectivity index (χ0v) is 61.0. The van der Waals surface area contributed by atoms with Crippen LogP contribution in [-0.2, 0) is 32.7 Å². The van der Waals surface area contributed by atoms with Gasteiger partial charge in [0, 0.05) is 12.8 Å². The molecule has 0 rings (SSSR count). The third-order valence-electron chi connectivity index (χ3n) is 17.2. The minimum atomic E-state index is -4.64. The molecule has 0 aliphatic heterocycles. The summed E-state index contributed by atoms with van der Waals surface area (Å²) in [7, 11) is 1.18. The lowest BCUT2D eigenvalue weighted by molar-refractivity contribution is -0.870. The molecular formula is C80H148NO8P. The molecule has 0 radical (unpaired) electrons. The van der Waals surface area contributed by atoms with E-state index in [9.17, 15) is 19.0 Å². The van der Waals surface area contributed by atoms with Crippen molar-refractivity contribution in [1.82, 2.24) is 0 Å². The van der Waals surface area contributed by atoms with Crippen molar-refractivity contribution in [2.45, 2.75) is 380 Å². The Hall–Kier alpha value is -2.55. The number of quaternary nitrogens is 1. The molecule has 0 N–H and O–H groups in total. The minimum absolute atomic E-state index is 0.0293. The molecule has 0 aliphatic rings. The average molecular weight is 1280 g/mol. The molecule has 2 atom stereocenters. The number of unbranched alkanes of at least 4 members (excludes halogenated alkanes) is 46. The van der Waals surface area contributed by atoms with Crippen LogP contribution in [0.25, 0.3) is 0 Å². The van der Waals surface area contributed by atoms with E-state index in [2.05, 4.69) is 86.8 Å². The molecule has 0 heterocycles. The molecule has 526 valence electrons. The quantitative estimate of drug-likeness (QED) is 0.0195. The molecule has 0 fully saturated rings. The molecule has 10 heteroatoms. The predicted molar refractivity (Wildman–Crippen MR) is 388 cm³/mol. The van der Waals surface area contributed by atoms with Gasteiger partial charge in [-0.15, -0.1) is 0 Å². The van der Waals surface area contributed by atoms with E-state index in [0.717, 1.165) is 77.0 Å². The van der Waals surface area contributed by atoms with Gasteiger partial charge in [0.15, 0.2) is 6.10 Å². The summed E-state index contributed by atoms with van der Waals surface area (Å²) in [4.78, 5) is 38.2. The molecule has 0 bridgehead atoms. The molecule has 9 nitrogen and oxygen atoms in total. The van der Waals surface area contributed by atoms with Gasteiger partial charge in [-0.25, -0.2) is 0 Å². The number of nitrogens with zero attached hydrogens (tertiary/aromatic N) is 1. The normalized spacial score (nSPS) is 13.4. The first kappa shape index (κ1) is 87.5. The third kappa shape index (κ3) is 74.5. The zero-order chi connectivity index (χ0) is 65.5. The van der Waals surface area contributed by atoms with Gasteiger partial charge in [0.2, 0.25) is 0 Å². The number of allylic oxidation sites excluding steroid dienone is 12. The van der Waals surface area contributed by atoms with Crippen LogP contribution in [-0.4, -0.2) is 70.0 Å². The number of carbonyl (C=O) groups excluding carboxylic acids is 2. The standard InChI is InChI=1S/C80H148NO8P/c1-6-8-10-12-14-16-18-20-22-24-26-28-30-32-34-36-37-38-39-40-41-42-43-45-47-49-51-53-55-57-59-61-63-65-67-69-71-73-80(83)89-78(77-88-90(84,85)87-75-74-81(3,4)5)76-86-79(82)72-70-68-66-64-62-60-58-56-54-52-50-48-46-44-35-33-31-29-27-25-23-21-19-17-15-13-11-9-7-2/h8,10,14,16,20,22,26,28,32,34,37-38,78H,6-7,9,11-13,15,17-19,21,23-25,27,29-31,33,35-36,39-77H2,1-5H3/b10-8-,16-14-,22-20-,28-26-,34-32-,38-37-. The first-order chi connectivity index (χ1) is 44.0. The number of esters is 2. The Morgan fingerprint density at radius 3 is 0.944 bits per heavy atom. The summed E-state index contributed by atoms with van der Waals surface area (Å²) in [6, 6.07) is 0. The van der Waals surface area contributed by atoms with Gasteiger partial charge in [0.25, 0.3) is 7.82 Å². The highest BCUT2D eigenvalue weighted by Crippen LogP contribution is 2.38. The predicted octanol–water partition coefficient (Wildman–Crippen LogP) is 24.9. The van der Waals surface area contributed by atoms with E-state index in [4.69, 9.17) is 18.5 Å². The summed E-state index contributed by atoms with van der Waals surface area (Å²) < 4.78 is 34.4. The fourth-order valence-electron chi connectivity index (χ4n) is 11.4. The lowest BCUT2D eigenvalue weighted by Gasteiger charge is -2.28. The molecule has 0 aromatic heterocycles. The molecular weight excluding hydrogens is 1130 g/mol. The average Bonchev–Trinajstić information content (AvgIpc) is 3.58. The largest absolute Gasteiger partial charge is 0.756 e. The Bertz CT molecular complexity index is 1750. The van der Waals surface area contributed by atoms with Crippen LogP contribution in [0.15, 0.2) is 72.9 Å². The van der Waals surface area contributed by atoms with E-state index in [0.29, 0.717) is 17.4 Å². The Balaban J connectivity index is 3.95. The van der Waals surface area contributed by atoms with Gasteiger partial charge in [0.05, 0.1) is 27.7 Å². The van der Waals surface area contributed by atoms with Gasteiger partial charge < -0.3 is 27.9 Å². The van der Waals surface area contributed by atoms with Crippen LogP contribution in [0.5, 0.6) is 0 Å². The second-order valence-electron chi connectivity index (χ2n) is 27.4. The van der Waals surface area contributed by atoms with Crippen LogP contribution in [0.3, 0.4) is 0 Å². The Kier molecular flexibility index (Phi) is 68.8. The van der Waals surface area contributed by atoms with E-state index >= 15 is 0 Å². The van der Waals surface area contributed by atoms with Gasteiger partial charge in [0.1, 0.15) is 19.8 Å². The molecule has 2 unspecified atom stereocenters. The number of hydrogen-bond donors (Lipinski definition) is 0. The SMILES string of the molecule is CC/C=C\C/C=C\C/C=C\C/C=C\C/C=C\C/C=C\CCCCCCCCCCCCCCCCCCCCC(=O)OC(COC(=O)CCCCCCCCCCCCCCCCCCCCCCCCCCCCCCC)COP(=O)([O-])OCC[N+](C)(C)C. The molecule has 0 aliphatic carbocycles. The van der Waals surface area contributed by atoms with Crippen LogP contribution in [0.2, 0.25) is 0 Å². The number of phosphoric ester groups is 1. The van der Waals surface area contributed by atoms with Crippen molar-refractivity contribution < 1.29 is 42.1 Å². The van der Waals surface area contributed by atoms with Crippen LogP contribution >= 0.6 is 7.82 Å². The van der Waals surface area contributed by atoms with Crippen molar-refractivity contribution in [3.63, 3.8) is 0 Å². The van der Waals surface area contributed by atoms with Crippen LogP contribution < -0.4 is 4.89 Å². The van der Waals surface area contributed by atoms with E-state index in [-0.39, 0.29) is 32.0 Å². The van der Waals surface area contributed by atoms with Crippen molar-refractivity contribution in [3.8, 4) is 0 Å². The molecule has 0 amide bonds. The Labute approximate surface area is 559 Å². The van der Waals surface area contributed by atoms with Gasteiger partial charge in [-0.3, -0.25) is 14.2 Å². The minimum Gasteiger partial charge on any atom is -0.756 e. The number of likely N-dealkylation sites (N-methyl/N-ethyl adjacent to an activating group) is 1. The second-order valence-corrected chi connectivity index (χ2v) is 28.8. The first-order valence-corrected chi connectivity index (χ1v) is 40.1. The lowest BCUT2D eigenvalue weighted by atomic mass is 10.0. The summed E-state index contributed by atoms with van der Waals surface area (Å²) in [5.74, 6) is -0.813. The molecule has 90 heavy (non-hydrogen) atoms. The van der Waals surface area contributed by atoms with Gasteiger partial charge in [-0.1, -0.05) is 369 Å². The molecule has 0 saturated carbocycles. The number of hydrogen-bond acceptors (Lipinski definition) is 8. The number of ether oxygens (including phenoxy) is 2. The smallest absolute Gasteiger partial charge is 0.306 e. The van der Waals surface area contributed by atoms with Crippen LogP contribution in [0.1, 0.15) is 373 Å². The van der Waals surface area contributed by atoms with E-state index in [1.807, 2.05) is 21.1 Å². The topological polar surface area (TPSA) is 111 Å². The highest BCUT2D eigenvalue weighted by Gasteiger charge is 2.22. The van der Waals surface area contributed by atoms with E-state index in [1.165, 1.54) is 263 Å². The second kappa shape index (κ2) is 70.8. The first-order valence-electron chi connectivity index (χ1n) is 38.6. The fourth-order valence-corrected chi connectivity index (χ4v) is 12.1. The monoisotopic (exact) mass is 1280 g/mol. The molecule has 0 aromatic carbocycles. The van der Waals surface area contributed by atoms with Gasteiger partial charge in [-0.2, -0.15) is 0 Å². The zero-order valence-electron chi connectivity index (χ0n) is 60.1. The third-order valence-corrected chi connectivity index (χ3v) is 18.2. The maximum atomic E-state index is 12.9. The number of carbonyl (C=O) groups is 2. The van der Waals surface area contributed by atoms with Crippen molar-refractivity contribution in [2.75, 3.05) is 47.5 Å². The number of rotatable bonds is 72. The van der Waals surface area contributed by atoms with Crippen molar-refractivity contribution >= 4 is 19.8 Å². The van der Waals surface area contributed by atoms with Crippen molar-refractivity contribution in [3.05, 3.63) is 72.9 Å². The maximum Gasteiger partial charge on any atom is 0.306 e. The Morgan fingerprint density at radius 1 is 0.356 bits per heavy atom. The van der Waals surface area contributed by atoms with Crippen LogP contribution in [0.4, 0.5) is 0 Å². The molecule has 0 saturated heterocycles. The summed E-state index contributed by atoms with van der Waals surface area (Å²) in [5.41, 5.74) is 0. The van der Waals surface area contributed by atoms with Crippen LogP contribution in [0, 0.1) is 0 Å². The van der Waals surface area contributed by atoms with Crippen molar-refractivity contribution in [2.24, 2.45) is 0 Å².